The molecule has 20 heavy (non-hydrogen) atoms. The predicted octanol–water partition coefficient (Wildman–Crippen LogP) is 3.05. The number of rotatable bonds is 7. The van der Waals surface area contributed by atoms with Crippen LogP contribution in [0.2, 0.25) is 0 Å². The second-order valence-electron chi connectivity index (χ2n) is 7.00. The number of ether oxygens (including phenoxy) is 1. The van der Waals surface area contributed by atoms with Crippen LogP contribution in [0.1, 0.15) is 58.3 Å². The Balaban J connectivity index is 2.04. The minimum Gasteiger partial charge on any atom is -0.381 e. The molecule has 2 rings (SSSR count). The van der Waals surface area contributed by atoms with Crippen molar-refractivity contribution < 1.29 is 4.74 Å². The van der Waals surface area contributed by atoms with E-state index in [4.69, 9.17) is 4.74 Å². The van der Waals surface area contributed by atoms with Crippen LogP contribution in [0.3, 0.4) is 0 Å². The molecule has 1 aliphatic heterocycles. The maximum atomic E-state index is 5.53. The molecule has 118 valence electrons. The molecule has 1 N–H and O–H groups in total. The zero-order chi connectivity index (χ0) is 14.4. The highest BCUT2D eigenvalue weighted by molar-refractivity contribution is 5.02. The van der Waals surface area contributed by atoms with Crippen LogP contribution in [0.15, 0.2) is 0 Å². The van der Waals surface area contributed by atoms with Crippen LogP contribution in [0.4, 0.5) is 0 Å². The van der Waals surface area contributed by atoms with Crippen LogP contribution in [-0.4, -0.2) is 50.3 Å². The molecule has 1 saturated carbocycles. The molecule has 0 spiro atoms. The van der Waals surface area contributed by atoms with Crippen molar-refractivity contribution in [1.29, 1.82) is 0 Å². The van der Waals surface area contributed by atoms with Crippen molar-refractivity contribution >= 4 is 0 Å². The first kappa shape index (κ1) is 16.3. The minimum atomic E-state index is 0.396. The Kier molecular flexibility index (Phi) is 6.31. The quantitative estimate of drug-likeness (QED) is 0.777. The molecule has 1 saturated heterocycles. The third-order valence-electron chi connectivity index (χ3n) is 5.56. The Morgan fingerprint density at radius 1 is 1.20 bits per heavy atom. The average Bonchev–Trinajstić information content (AvgIpc) is 2.95. The van der Waals surface area contributed by atoms with E-state index in [9.17, 15) is 0 Å². The monoisotopic (exact) mass is 282 g/mol. The lowest BCUT2D eigenvalue weighted by molar-refractivity contribution is 0.0408. The van der Waals surface area contributed by atoms with Crippen LogP contribution < -0.4 is 5.32 Å². The van der Waals surface area contributed by atoms with Gasteiger partial charge in [0.15, 0.2) is 0 Å². The first-order valence-electron chi connectivity index (χ1n) is 8.67. The molecule has 3 nitrogen and oxygen atoms in total. The summed E-state index contributed by atoms with van der Waals surface area (Å²) in [7, 11) is 4.58. The number of nitrogens with one attached hydrogen (secondary N) is 1. The van der Waals surface area contributed by atoms with Crippen molar-refractivity contribution in [3.63, 3.8) is 0 Å². The summed E-state index contributed by atoms with van der Waals surface area (Å²) in [6.07, 6.45) is 10.6. The summed E-state index contributed by atoms with van der Waals surface area (Å²) in [5.41, 5.74) is 0.396. The van der Waals surface area contributed by atoms with Crippen molar-refractivity contribution in [3.05, 3.63) is 0 Å². The molecule has 0 amide bonds. The molecule has 0 bridgehead atoms. The lowest BCUT2D eigenvalue weighted by Crippen LogP contribution is -2.58. The van der Waals surface area contributed by atoms with E-state index in [1.54, 1.807) is 0 Å². The predicted molar refractivity (Wildman–Crippen MR) is 85.1 cm³/mol. The summed E-state index contributed by atoms with van der Waals surface area (Å²) < 4.78 is 5.53. The van der Waals surface area contributed by atoms with Gasteiger partial charge in [0.2, 0.25) is 0 Å². The van der Waals surface area contributed by atoms with Gasteiger partial charge in [-0.1, -0.05) is 19.8 Å². The maximum Gasteiger partial charge on any atom is 0.0468 e. The maximum absolute atomic E-state index is 5.53. The summed E-state index contributed by atoms with van der Waals surface area (Å²) >= 11 is 0. The van der Waals surface area contributed by atoms with E-state index in [1.165, 1.54) is 51.4 Å². The third-order valence-corrected chi connectivity index (χ3v) is 5.56. The van der Waals surface area contributed by atoms with E-state index >= 15 is 0 Å². The Bertz CT molecular complexity index is 268. The van der Waals surface area contributed by atoms with Crippen molar-refractivity contribution in [3.8, 4) is 0 Å². The molecule has 1 heterocycles. The summed E-state index contributed by atoms with van der Waals surface area (Å²) in [4.78, 5) is 2.52. The lowest BCUT2D eigenvalue weighted by Gasteiger charge is -2.45. The molecule has 2 fully saturated rings. The van der Waals surface area contributed by atoms with E-state index in [-0.39, 0.29) is 0 Å². The SMILES string of the molecule is CCCNC(CC1CCOCC1)C1(N(C)C)CCCC1. The molecule has 0 aromatic heterocycles. The van der Waals surface area contributed by atoms with Crippen LogP contribution in [0, 0.1) is 5.92 Å². The van der Waals surface area contributed by atoms with Gasteiger partial charge >= 0.3 is 0 Å². The average molecular weight is 282 g/mol. The Morgan fingerprint density at radius 3 is 2.40 bits per heavy atom. The van der Waals surface area contributed by atoms with Crippen molar-refractivity contribution in [2.45, 2.75) is 69.9 Å². The van der Waals surface area contributed by atoms with Gasteiger partial charge in [-0.3, -0.25) is 0 Å². The van der Waals surface area contributed by atoms with Crippen LogP contribution >= 0.6 is 0 Å². The van der Waals surface area contributed by atoms with E-state index in [0.717, 1.165) is 25.7 Å². The first-order chi connectivity index (χ1) is 9.69. The van der Waals surface area contributed by atoms with Gasteiger partial charge in [-0.2, -0.15) is 0 Å². The fourth-order valence-electron chi connectivity index (χ4n) is 4.22. The van der Waals surface area contributed by atoms with Gasteiger partial charge in [-0.05, 0) is 65.1 Å². The normalized spacial score (nSPS) is 25.2. The minimum absolute atomic E-state index is 0.396. The Morgan fingerprint density at radius 2 is 1.85 bits per heavy atom. The second-order valence-corrected chi connectivity index (χ2v) is 7.00. The van der Waals surface area contributed by atoms with Crippen LogP contribution in [0.5, 0.6) is 0 Å². The van der Waals surface area contributed by atoms with Gasteiger partial charge in [0.05, 0.1) is 0 Å². The number of hydrogen-bond donors (Lipinski definition) is 1. The van der Waals surface area contributed by atoms with Gasteiger partial charge in [0.1, 0.15) is 0 Å². The van der Waals surface area contributed by atoms with Crippen LogP contribution in [0.25, 0.3) is 0 Å². The second kappa shape index (κ2) is 7.77. The van der Waals surface area contributed by atoms with E-state index < -0.39 is 0 Å². The smallest absolute Gasteiger partial charge is 0.0468 e. The molecule has 3 heteroatoms. The molecule has 2 aliphatic rings. The van der Waals surface area contributed by atoms with Crippen molar-refractivity contribution in [1.82, 2.24) is 10.2 Å². The first-order valence-corrected chi connectivity index (χ1v) is 8.67. The summed E-state index contributed by atoms with van der Waals surface area (Å²) in [5.74, 6) is 0.857. The zero-order valence-corrected chi connectivity index (χ0v) is 13.8. The molecule has 0 aromatic rings. The number of likely N-dealkylation sites (N-methyl/N-ethyl adjacent to an activating group) is 1. The molecule has 0 radical (unpaired) electrons. The van der Waals surface area contributed by atoms with Gasteiger partial charge in [0, 0.05) is 24.8 Å². The molecular formula is C17H34N2O. The van der Waals surface area contributed by atoms with Crippen molar-refractivity contribution in [2.24, 2.45) is 5.92 Å². The van der Waals surface area contributed by atoms with Gasteiger partial charge in [-0.25, -0.2) is 0 Å². The standard InChI is InChI=1S/C17H34N2O/c1-4-11-18-16(14-15-7-12-20-13-8-15)17(19(2)3)9-5-6-10-17/h15-16,18H,4-14H2,1-3H3. The third kappa shape index (κ3) is 3.75. The molecule has 0 aromatic carbocycles. The van der Waals surface area contributed by atoms with Crippen molar-refractivity contribution in [2.75, 3.05) is 33.9 Å². The molecular weight excluding hydrogens is 248 g/mol. The van der Waals surface area contributed by atoms with Gasteiger partial charge in [-0.15, -0.1) is 0 Å². The van der Waals surface area contributed by atoms with E-state index in [0.29, 0.717) is 11.6 Å². The van der Waals surface area contributed by atoms with E-state index in [1.807, 2.05) is 0 Å². The largest absolute Gasteiger partial charge is 0.381 e. The molecule has 1 aliphatic carbocycles. The highest BCUT2D eigenvalue weighted by Crippen LogP contribution is 2.39. The summed E-state index contributed by atoms with van der Waals surface area (Å²) in [5, 5.41) is 3.90. The summed E-state index contributed by atoms with van der Waals surface area (Å²) in [6.45, 7) is 5.37. The van der Waals surface area contributed by atoms with Gasteiger partial charge < -0.3 is 15.0 Å². The van der Waals surface area contributed by atoms with E-state index in [2.05, 4.69) is 31.2 Å². The Labute approximate surface area is 125 Å². The number of nitrogens with zero attached hydrogens (tertiary/aromatic N) is 1. The zero-order valence-electron chi connectivity index (χ0n) is 13.8. The molecule has 1 unspecified atom stereocenters. The van der Waals surface area contributed by atoms with Crippen LogP contribution in [-0.2, 0) is 4.74 Å². The number of hydrogen-bond acceptors (Lipinski definition) is 3. The topological polar surface area (TPSA) is 24.5 Å². The highest BCUT2D eigenvalue weighted by atomic mass is 16.5. The van der Waals surface area contributed by atoms with Gasteiger partial charge in [0.25, 0.3) is 0 Å². The fraction of sp³-hybridized carbons (Fsp3) is 1.00. The molecule has 1 atom stereocenters. The fourth-order valence-corrected chi connectivity index (χ4v) is 4.22. The highest BCUT2D eigenvalue weighted by Gasteiger charge is 2.43. The Hall–Kier alpha value is -0.120. The summed E-state index contributed by atoms with van der Waals surface area (Å²) in [6, 6.07) is 0.656. The lowest BCUT2D eigenvalue weighted by atomic mass is 9.79.